The summed E-state index contributed by atoms with van der Waals surface area (Å²) < 4.78 is 11.5. The number of carbonyl (C=O) groups excluding carboxylic acids is 3. The van der Waals surface area contributed by atoms with Crippen LogP contribution < -0.4 is 0 Å². The summed E-state index contributed by atoms with van der Waals surface area (Å²) in [6.07, 6.45) is 10.1. The molecule has 4 bridgehead atoms. The highest BCUT2D eigenvalue weighted by atomic mass is 16.6. The molecule has 33 heavy (non-hydrogen) atoms. The molecule has 3 unspecified atom stereocenters. The molecule has 0 radical (unpaired) electrons. The minimum atomic E-state index is -0.645. The molecular formula is C28H44O5. The van der Waals surface area contributed by atoms with Gasteiger partial charge in [0.2, 0.25) is 0 Å². The Kier molecular flexibility index (Phi) is 6.74. The lowest BCUT2D eigenvalue weighted by atomic mass is 9.50. The monoisotopic (exact) mass is 460 g/mol. The Balaban J connectivity index is 1.45. The molecule has 0 aromatic heterocycles. The van der Waals surface area contributed by atoms with E-state index in [4.69, 9.17) is 9.47 Å². The molecule has 0 N–H and O–H groups in total. The van der Waals surface area contributed by atoms with E-state index in [2.05, 4.69) is 13.8 Å². The van der Waals surface area contributed by atoms with Gasteiger partial charge in [0.1, 0.15) is 11.5 Å². The van der Waals surface area contributed by atoms with Crippen molar-refractivity contribution in [3.63, 3.8) is 0 Å². The van der Waals surface area contributed by atoms with Gasteiger partial charge in [-0.15, -0.1) is 0 Å². The number of ketones is 1. The molecule has 4 aliphatic carbocycles. The van der Waals surface area contributed by atoms with Crippen LogP contribution in [0.5, 0.6) is 0 Å². The summed E-state index contributed by atoms with van der Waals surface area (Å²) in [5.74, 6) is 1.54. The van der Waals surface area contributed by atoms with Crippen LogP contribution in [0.15, 0.2) is 0 Å². The minimum absolute atomic E-state index is 0.00771. The van der Waals surface area contributed by atoms with Crippen molar-refractivity contribution < 1.29 is 23.9 Å². The molecule has 0 amide bonds. The summed E-state index contributed by atoms with van der Waals surface area (Å²) in [6.45, 7) is 10.6. The van der Waals surface area contributed by atoms with E-state index in [9.17, 15) is 14.4 Å². The first kappa shape index (κ1) is 24.7. The van der Waals surface area contributed by atoms with Gasteiger partial charge < -0.3 is 9.47 Å². The van der Waals surface area contributed by atoms with Crippen LogP contribution >= 0.6 is 0 Å². The average Bonchev–Trinajstić information content (AvgIpc) is 3.20. The summed E-state index contributed by atoms with van der Waals surface area (Å²) in [7, 11) is 0. The molecule has 1 aliphatic heterocycles. The lowest BCUT2D eigenvalue weighted by Gasteiger charge is -2.59. The number of Topliss-reactive ketones (excluding diaryl/α,β-unsaturated/α-hetero) is 1. The van der Waals surface area contributed by atoms with Crippen LogP contribution in [0.3, 0.4) is 0 Å². The Hall–Kier alpha value is -1.39. The van der Waals surface area contributed by atoms with Gasteiger partial charge in [0, 0.05) is 11.8 Å². The highest BCUT2D eigenvalue weighted by molar-refractivity contribution is 6.02. The number of hydrogen-bond donors (Lipinski definition) is 0. The lowest BCUT2D eigenvalue weighted by molar-refractivity contribution is -0.212. The number of esters is 2. The predicted octanol–water partition coefficient (Wildman–Crippen LogP) is 5.88. The summed E-state index contributed by atoms with van der Waals surface area (Å²) >= 11 is 0. The van der Waals surface area contributed by atoms with Crippen LogP contribution in [0.2, 0.25) is 0 Å². The van der Waals surface area contributed by atoms with Gasteiger partial charge in [-0.1, -0.05) is 27.2 Å². The first-order valence-corrected chi connectivity index (χ1v) is 13.5. The zero-order valence-electron chi connectivity index (χ0n) is 21.4. The minimum Gasteiger partial charge on any atom is -0.465 e. The van der Waals surface area contributed by atoms with Crippen molar-refractivity contribution in [3.05, 3.63) is 0 Å². The Labute approximate surface area is 199 Å². The molecule has 3 atom stereocenters. The first-order valence-electron chi connectivity index (χ1n) is 13.5. The third-order valence-electron chi connectivity index (χ3n) is 10.2. The topological polar surface area (TPSA) is 69.7 Å². The van der Waals surface area contributed by atoms with Gasteiger partial charge in [-0.2, -0.15) is 0 Å². The van der Waals surface area contributed by atoms with Crippen LogP contribution in [0.1, 0.15) is 105 Å². The van der Waals surface area contributed by atoms with E-state index in [1.165, 1.54) is 32.1 Å². The van der Waals surface area contributed by atoms with Crippen molar-refractivity contribution >= 4 is 17.7 Å². The van der Waals surface area contributed by atoms with Gasteiger partial charge in [0.05, 0.1) is 12.0 Å². The van der Waals surface area contributed by atoms with E-state index >= 15 is 0 Å². The van der Waals surface area contributed by atoms with Crippen molar-refractivity contribution in [2.24, 2.45) is 40.4 Å². The summed E-state index contributed by atoms with van der Waals surface area (Å²) in [6, 6.07) is 0. The van der Waals surface area contributed by atoms with E-state index in [0.29, 0.717) is 44.1 Å². The molecule has 5 aliphatic rings. The SMILES string of the molecule is CCCC(C)(CCC(C)(CC)C(=O)OC1(C)C2CC3CC(C2)CC1C3)C(=O)C1CCOC1=O. The zero-order chi connectivity index (χ0) is 24.0. The number of ether oxygens (including phenoxy) is 2. The molecule has 4 saturated carbocycles. The molecule has 5 nitrogen and oxygen atoms in total. The van der Waals surface area contributed by atoms with Gasteiger partial charge in [-0.3, -0.25) is 14.4 Å². The molecule has 5 fully saturated rings. The van der Waals surface area contributed by atoms with Gasteiger partial charge >= 0.3 is 11.9 Å². The molecule has 1 heterocycles. The molecule has 186 valence electrons. The first-order chi connectivity index (χ1) is 15.5. The summed E-state index contributed by atoms with van der Waals surface area (Å²) in [5, 5.41) is 0. The number of carbonyl (C=O) groups is 3. The largest absolute Gasteiger partial charge is 0.465 e. The smallest absolute Gasteiger partial charge is 0.316 e. The van der Waals surface area contributed by atoms with E-state index in [0.717, 1.165) is 24.7 Å². The van der Waals surface area contributed by atoms with E-state index in [1.807, 2.05) is 20.8 Å². The molecular weight excluding hydrogens is 416 g/mol. The highest BCUT2D eigenvalue weighted by Crippen LogP contribution is 2.60. The maximum absolute atomic E-state index is 13.7. The normalized spacial score (nSPS) is 38.5. The fraction of sp³-hybridized carbons (Fsp3) is 0.893. The lowest BCUT2D eigenvalue weighted by Crippen LogP contribution is -2.58. The number of rotatable bonds is 10. The highest BCUT2D eigenvalue weighted by Gasteiger charge is 2.58. The number of hydrogen-bond acceptors (Lipinski definition) is 5. The second-order valence-corrected chi connectivity index (χ2v) is 12.5. The maximum atomic E-state index is 13.7. The molecule has 0 aromatic rings. The van der Waals surface area contributed by atoms with Crippen LogP contribution in [0.4, 0.5) is 0 Å². The second kappa shape index (κ2) is 9.00. The average molecular weight is 461 g/mol. The van der Waals surface area contributed by atoms with Crippen molar-refractivity contribution in [1.29, 1.82) is 0 Å². The van der Waals surface area contributed by atoms with Crippen LogP contribution in [-0.2, 0) is 23.9 Å². The Morgan fingerprint density at radius 3 is 2.03 bits per heavy atom. The zero-order valence-corrected chi connectivity index (χ0v) is 21.4. The third kappa shape index (κ3) is 4.38. The molecule has 5 rings (SSSR count). The van der Waals surface area contributed by atoms with Gasteiger partial charge in [0.25, 0.3) is 0 Å². The fourth-order valence-corrected chi connectivity index (χ4v) is 7.66. The molecule has 0 aromatic carbocycles. The number of cyclic esters (lactones) is 1. The van der Waals surface area contributed by atoms with Crippen LogP contribution in [0.25, 0.3) is 0 Å². The van der Waals surface area contributed by atoms with Gasteiger partial charge in [-0.25, -0.2) is 0 Å². The maximum Gasteiger partial charge on any atom is 0.316 e. The Bertz CT molecular complexity index is 759. The van der Waals surface area contributed by atoms with Gasteiger partial charge in [-0.05, 0) is 95.3 Å². The van der Waals surface area contributed by atoms with Crippen molar-refractivity contribution in [1.82, 2.24) is 0 Å². The predicted molar refractivity (Wildman–Crippen MR) is 126 cm³/mol. The standard InChI is InChI=1S/C28H44O5/c1-6-9-27(4,23(29)22-8-12-32-24(22)30)11-10-26(3,7-2)25(31)33-28(5)20-14-18-13-19(16-20)17-21(28)15-18/h18-22H,6-17H2,1-5H3. The van der Waals surface area contributed by atoms with Crippen LogP contribution in [0, 0.1) is 40.4 Å². The Morgan fingerprint density at radius 1 is 0.970 bits per heavy atom. The van der Waals surface area contributed by atoms with E-state index < -0.39 is 16.7 Å². The summed E-state index contributed by atoms with van der Waals surface area (Å²) in [5.41, 5.74) is -1.58. The van der Waals surface area contributed by atoms with Crippen molar-refractivity contribution in [2.75, 3.05) is 6.61 Å². The fourth-order valence-electron chi connectivity index (χ4n) is 7.66. The second-order valence-electron chi connectivity index (χ2n) is 12.5. The van der Waals surface area contributed by atoms with Crippen molar-refractivity contribution in [2.45, 2.75) is 111 Å². The molecule has 1 saturated heterocycles. The molecule has 0 spiro atoms. The van der Waals surface area contributed by atoms with Crippen molar-refractivity contribution in [3.8, 4) is 0 Å². The van der Waals surface area contributed by atoms with Crippen LogP contribution in [-0.4, -0.2) is 29.9 Å². The summed E-state index contributed by atoms with van der Waals surface area (Å²) in [4.78, 5) is 39.1. The van der Waals surface area contributed by atoms with E-state index in [1.54, 1.807) is 0 Å². The molecule has 5 heteroatoms. The van der Waals surface area contributed by atoms with Gasteiger partial charge in [0.15, 0.2) is 5.78 Å². The Morgan fingerprint density at radius 2 is 1.55 bits per heavy atom. The quantitative estimate of drug-likeness (QED) is 0.301. The van der Waals surface area contributed by atoms with E-state index in [-0.39, 0.29) is 23.3 Å². The third-order valence-corrected chi connectivity index (χ3v) is 10.2.